The molecule has 0 saturated carbocycles. The molecule has 1 atom stereocenters. The highest BCUT2D eigenvalue weighted by molar-refractivity contribution is 9.10. The lowest BCUT2D eigenvalue weighted by molar-refractivity contribution is 0.0717. The number of carbonyl (C=O) groups excluding carboxylic acids is 1. The Morgan fingerprint density at radius 3 is 2.89 bits per heavy atom. The molecule has 1 saturated heterocycles. The summed E-state index contributed by atoms with van der Waals surface area (Å²) in [5.41, 5.74) is 7.09. The third-order valence-corrected chi connectivity index (χ3v) is 3.95. The van der Waals surface area contributed by atoms with E-state index in [9.17, 15) is 4.79 Å². The van der Waals surface area contributed by atoms with Crippen LogP contribution in [0.25, 0.3) is 0 Å². The zero-order valence-corrected chi connectivity index (χ0v) is 13.0. The fraction of sp³-hybridized carbons (Fsp3) is 0.500. The minimum absolute atomic E-state index is 0.0503. The number of nitrogens with two attached hydrogens (primary N) is 1. The molecule has 4 nitrogen and oxygen atoms in total. The van der Waals surface area contributed by atoms with Crippen LogP contribution >= 0.6 is 15.9 Å². The number of benzene rings is 1. The molecule has 5 heteroatoms. The van der Waals surface area contributed by atoms with Crippen molar-refractivity contribution >= 4 is 27.5 Å². The molecule has 0 bridgehead atoms. The van der Waals surface area contributed by atoms with Gasteiger partial charge in [0.1, 0.15) is 0 Å². The molecular formula is C14H20BrN3O. The lowest BCUT2D eigenvalue weighted by atomic mass is 10.1. The van der Waals surface area contributed by atoms with E-state index in [1.54, 1.807) is 12.1 Å². The number of anilines is 1. The first-order chi connectivity index (χ1) is 8.99. The van der Waals surface area contributed by atoms with Gasteiger partial charge in [-0.05, 0) is 45.1 Å². The van der Waals surface area contributed by atoms with Crippen molar-refractivity contribution in [3.63, 3.8) is 0 Å². The Bertz CT molecular complexity index is 476. The summed E-state index contributed by atoms with van der Waals surface area (Å²) < 4.78 is 0.896. The number of halogens is 1. The van der Waals surface area contributed by atoms with Crippen LogP contribution in [0.2, 0.25) is 0 Å². The maximum Gasteiger partial charge on any atom is 0.256 e. The predicted molar refractivity (Wildman–Crippen MR) is 81.2 cm³/mol. The Labute approximate surface area is 122 Å². The number of rotatable bonds is 3. The molecule has 0 radical (unpaired) electrons. The summed E-state index contributed by atoms with van der Waals surface area (Å²) in [6.45, 7) is 1.73. The highest BCUT2D eigenvalue weighted by Gasteiger charge is 2.30. The van der Waals surface area contributed by atoms with Crippen molar-refractivity contribution in [2.45, 2.75) is 18.9 Å². The van der Waals surface area contributed by atoms with Gasteiger partial charge in [-0.3, -0.25) is 4.79 Å². The van der Waals surface area contributed by atoms with Gasteiger partial charge < -0.3 is 15.5 Å². The van der Waals surface area contributed by atoms with Crippen molar-refractivity contribution in [2.75, 3.05) is 32.9 Å². The monoisotopic (exact) mass is 325 g/mol. The second-order valence-electron chi connectivity index (χ2n) is 5.29. The Morgan fingerprint density at radius 2 is 2.26 bits per heavy atom. The number of hydrogen-bond acceptors (Lipinski definition) is 3. The molecule has 1 aliphatic heterocycles. The number of likely N-dealkylation sites (tertiary alicyclic amines) is 1. The van der Waals surface area contributed by atoms with E-state index in [4.69, 9.17) is 5.73 Å². The topological polar surface area (TPSA) is 49.6 Å². The van der Waals surface area contributed by atoms with Gasteiger partial charge in [0, 0.05) is 29.3 Å². The van der Waals surface area contributed by atoms with Gasteiger partial charge in [-0.25, -0.2) is 0 Å². The molecule has 1 amide bonds. The quantitative estimate of drug-likeness (QED) is 0.867. The molecule has 2 rings (SSSR count). The van der Waals surface area contributed by atoms with Crippen LogP contribution in [0.4, 0.5) is 5.69 Å². The smallest absolute Gasteiger partial charge is 0.256 e. The van der Waals surface area contributed by atoms with Crippen LogP contribution in [0.5, 0.6) is 0 Å². The molecule has 0 spiro atoms. The molecule has 1 aliphatic rings. The molecule has 1 unspecified atom stereocenters. The number of nitrogen functional groups attached to an aromatic ring is 1. The average molecular weight is 326 g/mol. The van der Waals surface area contributed by atoms with E-state index in [0.717, 1.165) is 30.4 Å². The van der Waals surface area contributed by atoms with Crippen molar-refractivity contribution < 1.29 is 4.79 Å². The van der Waals surface area contributed by atoms with Crippen LogP contribution in [0, 0.1) is 0 Å². The summed E-state index contributed by atoms with van der Waals surface area (Å²) in [6, 6.07) is 5.74. The highest BCUT2D eigenvalue weighted by atomic mass is 79.9. The molecular weight excluding hydrogens is 306 g/mol. The van der Waals surface area contributed by atoms with E-state index in [1.165, 1.54) is 0 Å². The minimum atomic E-state index is 0.0503. The summed E-state index contributed by atoms with van der Waals surface area (Å²) >= 11 is 3.36. The summed E-state index contributed by atoms with van der Waals surface area (Å²) in [7, 11) is 4.07. The van der Waals surface area contributed by atoms with Gasteiger partial charge in [0.2, 0.25) is 0 Å². The summed E-state index contributed by atoms with van der Waals surface area (Å²) in [4.78, 5) is 16.7. The van der Waals surface area contributed by atoms with Crippen LogP contribution in [-0.4, -0.2) is 48.9 Å². The van der Waals surface area contributed by atoms with Crippen molar-refractivity contribution in [1.82, 2.24) is 9.80 Å². The van der Waals surface area contributed by atoms with E-state index >= 15 is 0 Å². The van der Waals surface area contributed by atoms with Crippen molar-refractivity contribution in [3.8, 4) is 0 Å². The number of nitrogens with zero attached hydrogens (tertiary/aromatic N) is 2. The molecule has 104 valence electrons. The fourth-order valence-electron chi connectivity index (χ4n) is 2.60. The Morgan fingerprint density at radius 1 is 1.53 bits per heavy atom. The first kappa shape index (κ1) is 14.3. The minimum Gasteiger partial charge on any atom is -0.398 e. The SMILES string of the molecule is CN(C)CC1CCCN1C(=O)c1ccc(Br)cc1N. The molecule has 0 aromatic heterocycles. The highest BCUT2D eigenvalue weighted by Crippen LogP contribution is 2.25. The fourth-order valence-corrected chi connectivity index (χ4v) is 2.98. The van der Waals surface area contributed by atoms with Crippen LogP contribution in [0.1, 0.15) is 23.2 Å². The largest absolute Gasteiger partial charge is 0.398 e. The third kappa shape index (κ3) is 3.28. The van der Waals surface area contributed by atoms with Crippen LogP contribution in [-0.2, 0) is 0 Å². The molecule has 1 fully saturated rings. The second-order valence-corrected chi connectivity index (χ2v) is 6.20. The van der Waals surface area contributed by atoms with Gasteiger partial charge in [-0.15, -0.1) is 0 Å². The first-order valence-corrected chi connectivity index (χ1v) is 7.29. The van der Waals surface area contributed by atoms with E-state index in [1.807, 2.05) is 25.1 Å². The Balaban J connectivity index is 2.18. The van der Waals surface area contributed by atoms with Crippen LogP contribution < -0.4 is 5.73 Å². The number of amides is 1. The third-order valence-electron chi connectivity index (χ3n) is 3.46. The van der Waals surface area contributed by atoms with E-state index in [0.29, 0.717) is 17.3 Å². The van der Waals surface area contributed by atoms with Gasteiger partial charge in [-0.1, -0.05) is 15.9 Å². The molecule has 1 heterocycles. The Kier molecular flexibility index (Phi) is 4.47. The van der Waals surface area contributed by atoms with E-state index in [2.05, 4.69) is 20.8 Å². The second kappa shape index (κ2) is 5.92. The van der Waals surface area contributed by atoms with Crippen LogP contribution in [0.3, 0.4) is 0 Å². The first-order valence-electron chi connectivity index (χ1n) is 6.50. The molecule has 2 N–H and O–H groups in total. The number of hydrogen-bond donors (Lipinski definition) is 1. The normalized spacial score (nSPS) is 19.2. The van der Waals surface area contributed by atoms with Crippen molar-refractivity contribution in [3.05, 3.63) is 28.2 Å². The average Bonchev–Trinajstić information content (AvgIpc) is 2.75. The maximum absolute atomic E-state index is 12.6. The summed E-state index contributed by atoms with van der Waals surface area (Å²) in [5, 5.41) is 0. The summed E-state index contributed by atoms with van der Waals surface area (Å²) in [6.07, 6.45) is 2.14. The number of carbonyl (C=O) groups is 1. The number of likely N-dealkylation sites (N-methyl/N-ethyl adjacent to an activating group) is 1. The van der Waals surface area contributed by atoms with Crippen molar-refractivity contribution in [1.29, 1.82) is 0 Å². The zero-order valence-electron chi connectivity index (χ0n) is 11.4. The van der Waals surface area contributed by atoms with Gasteiger partial charge in [0.05, 0.1) is 5.56 Å². The summed E-state index contributed by atoms with van der Waals surface area (Å²) in [5.74, 6) is 0.0503. The van der Waals surface area contributed by atoms with E-state index < -0.39 is 0 Å². The molecule has 1 aromatic rings. The maximum atomic E-state index is 12.6. The van der Waals surface area contributed by atoms with Crippen molar-refractivity contribution in [2.24, 2.45) is 0 Å². The Hall–Kier alpha value is -1.07. The lowest BCUT2D eigenvalue weighted by Crippen LogP contribution is -2.41. The van der Waals surface area contributed by atoms with Gasteiger partial charge in [0.15, 0.2) is 0 Å². The standard InChI is InChI=1S/C14H20BrN3O/c1-17(2)9-11-4-3-7-18(11)14(19)12-6-5-10(15)8-13(12)16/h5-6,8,11H,3-4,7,9,16H2,1-2H3. The zero-order chi connectivity index (χ0) is 14.0. The van der Waals surface area contributed by atoms with Gasteiger partial charge in [-0.2, -0.15) is 0 Å². The van der Waals surface area contributed by atoms with Gasteiger partial charge >= 0.3 is 0 Å². The molecule has 0 aliphatic carbocycles. The van der Waals surface area contributed by atoms with Crippen LogP contribution in [0.15, 0.2) is 22.7 Å². The lowest BCUT2D eigenvalue weighted by Gasteiger charge is -2.27. The molecule has 19 heavy (non-hydrogen) atoms. The molecule has 1 aromatic carbocycles. The van der Waals surface area contributed by atoms with Gasteiger partial charge in [0.25, 0.3) is 5.91 Å². The van der Waals surface area contributed by atoms with E-state index in [-0.39, 0.29) is 5.91 Å². The predicted octanol–water partition coefficient (Wildman–Crippen LogP) is 2.20.